The van der Waals surface area contributed by atoms with Gasteiger partial charge in [-0.2, -0.15) is 0 Å². The highest BCUT2D eigenvalue weighted by molar-refractivity contribution is 5.80. The van der Waals surface area contributed by atoms with Crippen LogP contribution in [0.3, 0.4) is 0 Å². The van der Waals surface area contributed by atoms with Crippen LogP contribution in [0.1, 0.15) is 18.4 Å². The van der Waals surface area contributed by atoms with Crippen LogP contribution in [0.4, 0.5) is 0 Å². The van der Waals surface area contributed by atoms with Gasteiger partial charge in [-0.15, -0.1) is 0 Å². The second-order valence-corrected chi connectivity index (χ2v) is 6.28. The molecule has 22 heavy (non-hydrogen) atoms. The first-order valence-corrected chi connectivity index (χ1v) is 7.94. The molecule has 2 aliphatic heterocycles. The minimum atomic E-state index is -0.273. The lowest BCUT2D eigenvalue weighted by Gasteiger charge is -2.27. The largest absolute Gasteiger partial charge is 0.492 e. The Morgan fingerprint density at radius 1 is 1.32 bits per heavy atom. The van der Waals surface area contributed by atoms with Gasteiger partial charge in [0.05, 0.1) is 6.10 Å². The molecular weight excluding hydrogens is 280 g/mol. The number of benzene rings is 1. The third-order valence-electron chi connectivity index (χ3n) is 4.34. The lowest BCUT2D eigenvalue weighted by molar-refractivity contribution is -0.140. The van der Waals surface area contributed by atoms with Crippen molar-refractivity contribution in [2.75, 3.05) is 27.2 Å². The standard InChI is InChI=1S/C17H24N2O3/c1-19(2)17(20)16-8-7-14(22-16)10-18-13-9-12-5-3-4-6-15(12)21-11-13/h3-6,13-14,16,18H,7-11H2,1-2H3/t13-,14-,16+/m1/s1. The van der Waals surface area contributed by atoms with E-state index in [1.807, 2.05) is 18.2 Å². The van der Waals surface area contributed by atoms with Gasteiger partial charge in [0.25, 0.3) is 5.91 Å². The van der Waals surface area contributed by atoms with Crippen molar-refractivity contribution in [3.63, 3.8) is 0 Å². The van der Waals surface area contributed by atoms with Gasteiger partial charge in [-0.3, -0.25) is 4.79 Å². The highest BCUT2D eigenvalue weighted by atomic mass is 16.5. The van der Waals surface area contributed by atoms with E-state index in [4.69, 9.17) is 9.47 Å². The first-order chi connectivity index (χ1) is 10.6. The van der Waals surface area contributed by atoms with Crippen LogP contribution < -0.4 is 10.1 Å². The highest BCUT2D eigenvalue weighted by Gasteiger charge is 2.32. The summed E-state index contributed by atoms with van der Waals surface area (Å²) in [5.74, 6) is 1.06. The number of amides is 1. The Labute approximate surface area is 131 Å². The number of carbonyl (C=O) groups is 1. The van der Waals surface area contributed by atoms with Gasteiger partial charge < -0.3 is 19.7 Å². The Balaban J connectivity index is 1.46. The van der Waals surface area contributed by atoms with E-state index in [1.165, 1.54) is 5.56 Å². The molecule has 1 N–H and O–H groups in total. The number of fused-ring (bicyclic) bond motifs is 1. The van der Waals surface area contributed by atoms with Crippen LogP contribution >= 0.6 is 0 Å². The monoisotopic (exact) mass is 304 g/mol. The molecule has 0 bridgehead atoms. The molecule has 1 saturated heterocycles. The van der Waals surface area contributed by atoms with E-state index in [0.29, 0.717) is 12.6 Å². The van der Waals surface area contributed by atoms with Crippen molar-refractivity contribution in [3.05, 3.63) is 29.8 Å². The second-order valence-electron chi connectivity index (χ2n) is 6.28. The zero-order chi connectivity index (χ0) is 15.5. The maximum absolute atomic E-state index is 11.9. The van der Waals surface area contributed by atoms with Crippen molar-refractivity contribution < 1.29 is 14.3 Å². The SMILES string of the molecule is CN(C)C(=O)[C@@H]1CC[C@H](CN[C@H]2COc3ccccc3C2)O1. The van der Waals surface area contributed by atoms with E-state index < -0.39 is 0 Å². The van der Waals surface area contributed by atoms with Crippen molar-refractivity contribution in [1.29, 1.82) is 0 Å². The fourth-order valence-electron chi connectivity index (χ4n) is 3.08. The summed E-state index contributed by atoms with van der Waals surface area (Å²) in [6.07, 6.45) is 2.56. The lowest BCUT2D eigenvalue weighted by Crippen LogP contribution is -2.43. The zero-order valence-electron chi connectivity index (χ0n) is 13.2. The van der Waals surface area contributed by atoms with Gasteiger partial charge >= 0.3 is 0 Å². The molecule has 0 saturated carbocycles. The number of para-hydroxylation sites is 1. The topological polar surface area (TPSA) is 50.8 Å². The number of rotatable bonds is 4. The Hall–Kier alpha value is -1.59. The molecule has 3 rings (SSSR count). The lowest BCUT2D eigenvalue weighted by atomic mass is 10.0. The zero-order valence-corrected chi connectivity index (χ0v) is 13.2. The molecule has 2 aliphatic rings. The minimum absolute atomic E-state index is 0.0671. The highest BCUT2D eigenvalue weighted by Crippen LogP contribution is 2.24. The minimum Gasteiger partial charge on any atom is -0.492 e. The van der Waals surface area contributed by atoms with Crippen LogP contribution in [0.5, 0.6) is 5.75 Å². The Morgan fingerprint density at radius 2 is 2.14 bits per heavy atom. The molecule has 2 heterocycles. The Morgan fingerprint density at radius 3 is 2.95 bits per heavy atom. The third-order valence-corrected chi connectivity index (χ3v) is 4.34. The molecule has 0 unspecified atom stereocenters. The van der Waals surface area contributed by atoms with Crippen LogP contribution in [0.2, 0.25) is 0 Å². The van der Waals surface area contributed by atoms with E-state index in [2.05, 4.69) is 11.4 Å². The maximum Gasteiger partial charge on any atom is 0.251 e. The quantitative estimate of drug-likeness (QED) is 0.908. The van der Waals surface area contributed by atoms with E-state index in [9.17, 15) is 4.79 Å². The van der Waals surface area contributed by atoms with E-state index >= 15 is 0 Å². The third kappa shape index (κ3) is 3.42. The maximum atomic E-state index is 11.9. The van der Waals surface area contributed by atoms with Gasteiger partial charge in [-0.05, 0) is 30.9 Å². The van der Waals surface area contributed by atoms with Crippen LogP contribution in [0, 0.1) is 0 Å². The molecule has 1 amide bonds. The van der Waals surface area contributed by atoms with Crippen molar-refractivity contribution in [2.45, 2.75) is 37.5 Å². The summed E-state index contributed by atoms with van der Waals surface area (Å²) in [4.78, 5) is 13.5. The number of nitrogens with one attached hydrogen (secondary N) is 1. The van der Waals surface area contributed by atoms with Crippen LogP contribution in [-0.4, -0.2) is 56.3 Å². The number of nitrogens with zero attached hydrogens (tertiary/aromatic N) is 1. The fraction of sp³-hybridized carbons (Fsp3) is 0.588. The fourth-order valence-corrected chi connectivity index (χ4v) is 3.08. The summed E-state index contributed by atoms with van der Waals surface area (Å²) < 4.78 is 11.6. The number of hydrogen-bond donors (Lipinski definition) is 1. The van der Waals surface area contributed by atoms with Gasteiger partial charge in [0, 0.05) is 26.7 Å². The van der Waals surface area contributed by atoms with Gasteiger partial charge in [0.15, 0.2) is 0 Å². The molecule has 0 aliphatic carbocycles. The van der Waals surface area contributed by atoms with Crippen molar-refractivity contribution in [1.82, 2.24) is 10.2 Å². The Bertz CT molecular complexity index is 532. The van der Waals surface area contributed by atoms with Gasteiger partial charge in [0.1, 0.15) is 18.5 Å². The summed E-state index contributed by atoms with van der Waals surface area (Å²) in [7, 11) is 3.54. The molecule has 5 nitrogen and oxygen atoms in total. The summed E-state index contributed by atoms with van der Waals surface area (Å²) in [6, 6.07) is 8.48. The van der Waals surface area contributed by atoms with Crippen LogP contribution in [0.25, 0.3) is 0 Å². The molecule has 0 radical (unpaired) electrons. The molecule has 120 valence electrons. The van der Waals surface area contributed by atoms with E-state index in [-0.39, 0.29) is 18.1 Å². The van der Waals surface area contributed by atoms with Crippen molar-refractivity contribution in [3.8, 4) is 5.75 Å². The number of hydrogen-bond acceptors (Lipinski definition) is 4. The molecular formula is C17H24N2O3. The van der Waals surface area contributed by atoms with Crippen LogP contribution in [0.15, 0.2) is 24.3 Å². The summed E-state index contributed by atoms with van der Waals surface area (Å²) in [5, 5.41) is 3.52. The molecule has 0 spiro atoms. The molecule has 1 fully saturated rings. The smallest absolute Gasteiger partial charge is 0.251 e. The number of ether oxygens (including phenoxy) is 2. The number of carbonyl (C=O) groups excluding carboxylic acids is 1. The van der Waals surface area contributed by atoms with Gasteiger partial charge in [0.2, 0.25) is 0 Å². The predicted molar refractivity (Wildman–Crippen MR) is 84.0 cm³/mol. The Kier molecular flexibility index (Phi) is 4.64. The average Bonchev–Trinajstić information content (AvgIpc) is 3.00. The normalized spacial score (nSPS) is 27.1. The molecule has 3 atom stereocenters. The predicted octanol–water partition coefficient (Wildman–Crippen LogP) is 1.22. The summed E-state index contributed by atoms with van der Waals surface area (Å²) in [6.45, 7) is 1.46. The molecule has 1 aromatic rings. The molecule has 1 aromatic carbocycles. The first-order valence-electron chi connectivity index (χ1n) is 7.94. The van der Waals surface area contributed by atoms with Crippen molar-refractivity contribution in [2.24, 2.45) is 0 Å². The van der Waals surface area contributed by atoms with Crippen molar-refractivity contribution >= 4 is 5.91 Å². The average molecular weight is 304 g/mol. The molecule has 5 heteroatoms. The number of likely N-dealkylation sites (N-methyl/N-ethyl adjacent to an activating group) is 1. The van der Waals surface area contributed by atoms with Gasteiger partial charge in [-0.1, -0.05) is 18.2 Å². The summed E-state index contributed by atoms with van der Waals surface area (Å²) >= 11 is 0. The summed E-state index contributed by atoms with van der Waals surface area (Å²) in [5.41, 5.74) is 1.25. The first kappa shape index (κ1) is 15.3. The van der Waals surface area contributed by atoms with Crippen LogP contribution in [-0.2, 0) is 16.0 Å². The second kappa shape index (κ2) is 6.67. The van der Waals surface area contributed by atoms with E-state index in [0.717, 1.165) is 31.6 Å². The van der Waals surface area contributed by atoms with Gasteiger partial charge in [-0.25, -0.2) is 0 Å². The molecule has 0 aromatic heterocycles. The van der Waals surface area contributed by atoms with E-state index in [1.54, 1.807) is 19.0 Å².